The minimum Gasteiger partial charge on any atom is -0.310 e. The SMILES string of the molecule is Cc1cc(Br)ccc1N1CC(C)(C)NCC(C)(C)C1=O. The van der Waals surface area contributed by atoms with Crippen LogP contribution in [0.5, 0.6) is 0 Å². The van der Waals surface area contributed by atoms with Crippen LogP contribution in [0, 0.1) is 12.3 Å². The lowest BCUT2D eigenvalue weighted by molar-refractivity contribution is -0.125. The lowest BCUT2D eigenvalue weighted by atomic mass is 9.91. The standard InChI is InChI=1S/C16H23BrN2O/c1-11-8-12(17)6-7-13(11)19-10-16(4,5)18-9-15(2,3)14(19)20/h6-8,18H,9-10H2,1-5H3. The largest absolute Gasteiger partial charge is 0.310 e. The van der Waals surface area contributed by atoms with E-state index in [0.29, 0.717) is 13.1 Å². The molecule has 0 aliphatic carbocycles. The van der Waals surface area contributed by atoms with Crippen molar-refractivity contribution in [3.63, 3.8) is 0 Å². The van der Waals surface area contributed by atoms with Gasteiger partial charge in [0.2, 0.25) is 5.91 Å². The van der Waals surface area contributed by atoms with E-state index < -0.39 is 5.41 Å². The molecule has 1 heterocycles. The highest BCUT2D eigenvalue weighted by Gasteiger charge is 2.40. The zero-order chi connectivity index (χ0) is 15.1. The van der Waals surface area contributed by atoms with Gasteiger partial charge in [0.05, 0.1) is 5.41 Å². The topological polar surface area (TPSA) is 32.3 Å². The van der Waals surface area contributed by atoms with Crippen molar-refractivity contribution < 1.29 is 4.79 Å². The highest BCUT2D eigenvalue weighted by atomic mass is 79.9. The van der Waals surface area contributed by atoms with Crippen molar-refractivity contribution in [3.05, 3.63) is 28.2 Å². The van der Waals surface area contributed by atoms with E-state index in [0.717, 1.165) is 15.7 Å². The first-order valence-electron chi connectivity index (χ1n) is 6.96. The fourth-order valence-corrected chi connectivity index (χ4v) is 3.02. The zero-order valence-electron chi connectivity index (χ0n) is 12.9. The summed E-state index contributed by atoms with van der Waals surface area (Å²) >= 11 is 3.48. The monoisotopic (exact) mass is 338 g/mol. The number of hydrogen-bond acceptors (Lipinski definition) is 2. The summed E-state index contributed by atoms with van der Waals surface area (Å²) < 4.78 is 1.04. The number of nitrogens with zero attached hydrogens (tertiary/aromatic N) is 1. The number of halogens is 1. The molecule has 0 atom stereocenters. The van der Waals surface area contributed by atoms with Crippen molar-refractivity contribution in [1.29, 1.82) is 0 Å². The second kappa shape index (κ2) is 5.15. The summed E-state index contributed by atoms with van der Waals surface area (Å²) in [6.45, 7) is 11.7. The molecule has 1 aliphatic heterocycles. The minimum absolute atomic E-state index is 0.0943. The van der Waals surface area contributed by atoms with Crippen LogP contribution >= 0.6 is 15.9 Å². The van der Waals surface area contributed by atoms with E-state index in [1.54, 1.807) is 0 Å². The highest BCUT2D eigenvalue weighted by Crippen LogP contribution is 2.31. The average Bonchev–Trinajstić information content (AvgIpc) is 2.40. The van der Waals surface area contributed by atoms with Gasteiger partial charge in [-0.1, -0.05) is 15.9 Å². The van der Waals surface area contributed by atoms with E-state index in [4.69, 9.17) is 0 Å². The molecule has 1 amide bonds. The molecular weight excluding hydrogens is 316 g/mol. The van der Waals surface area contributed by atoms with Crippen molar-refractivity contribution in [3.8, 4) is 0 Å². The molecule has 0 aromatic heterocycles. The number of hydrogen-bond donors (Lipinski definition) is 1. The molecule has 1 aromatic rings. The Balaban J connectivity index is 2.48. The van der Waals surface area contributed by atoms with Gasteiger partial charge in [-0.05, 0) is 58.4 Å². The molecule has 2 rings (SSSR count). The second-order valence-corrected chi connectivity index (χ2v) is 7.86. The van der Waals surface area contributed by atoms with Gasteiger partial charge < -0.3 is 10.2 Å². The molecule has 1 aromatic carbocycles. The lowest BCUT2D eigenvalue weighted by Crippen LogP contribution is -2.47. The van der Waals surface area contributed by atoms with Gasteiger partial charge in [-0.2, -0.15) is 0 Å². The predicted molar refractivity (Wildman–Crippen MR) is 87.1 cm³/mol. The maximum atomic E-state index is 12.9. The van der Waals surface area contributed by atoms with Crippen molar-refractivity contribution in [2.75, 3.05) is 18.0 Å². The summed E-state index contributed by atoms with van der Waals surface area (Å²) in [5.74, 6) is 0.181. The second-order valence-electron chi connectivity index (χ2n) is 6.94. The number of anilines is 1. The number of carbonyl (C=O) groups is 1. The quantitative estimate of drug-likeness (QED) is 0.849. The lowest BCUT2D eigenvalue weighted by Gasteiger charge is -2.32. The van der Waals surface area contributed by atoms with E-state index in [-0.39, 0.29) is 11.4 Å². The molecule has 1 fully saturated rings. The average molecular weight is 339 g/mol. The fourth-order valence-electron chi connectivity index (χ4n) is 2.54. The van der Waals surface area contributed by atoms with E-state index in [2.05, 4.69) is 41.2 Å². The molecule has 1 saturated heterocycles. The van der Waals surface area contributed by atoms with Crippen LogP contribution in [-0.2, 0) is 4.79 Å². The number of nitrogens with one attached hydrogen (secondary N) is 1. The van der Waals surface area contributed by atoms with Crippen LogP contribution in [0.3, 0.4) is 0 Å². The number of carbonyl (C=O) groups excluding carboxylic acids is 1. The summed E-state index contributed by atoms with van der Waals surface area (Å²) in [5, 5.41) is 3.50. The normalized spacial score (nSPS) is 21.7. The van der Waals surface area contributed by atoms with E-state index in [1.807, 2.05) is 37.8 Å². The van der Waals surface area contributed by atoms with Crippen LogP contribution in [0.25, 0.3) is 0 Å². The maximum Gasteiger partial charge on any atom is 0.233 e. The molecule has 0 saturated carbocycles. The summed E-state index contributed by atoms with van der Waals surface area (Å²) in [6.07, 6.45) is 0. The molecule has 4 heteroatoms. The maximum absolute atomic E-state index is 12.9. The van der Waals surface area contributed by atoms with Gasteiger partial charge in [0.15, 0.2) is 0 Å². The Morgan fingerprint density at radius 3 is 2.50 bits per heavy atom. The first-order valence-corrected chi connectivity index (χ1v) is 7.75. The third kappa shape index (κ3) is 3.07. The molecule has 0 spiro atoms. The number of benzene rings is 1. The van der Waals surface area contributed by atoms with Gasteiger partial charge in [0.1, 0.15) is 0 Å². The summed E-state index contributed by atoms with van der Waals surface area (Å²) in [6, 6.07) is 6.07. The Kier molecular flexibility index (Phi) is 4.00. The van der Waals surface area contributed by atoms with Crippen LogP contribution in [0.4, 0.5) is 5.69 Å². The molecule has 110 valence electrons. The first kappa shape index (κ1) is 15.5. The molecule has 1 N–H and O–H groups in total. The highest BCUT2D eigenvalue weighted by molar-refractivity contribution is 9.10. The third-order valence-electron chi connectivity index (χ3n) is 3.84. The van der Waals surface area contributed by atoms with E-state index in [9.17, 15) is 4.79 Å². The van der Waals surface area contributed by atoms with Crippen LogP contribution in [-0.4, -0.2) is 24.5 Å². The minimum atomic E-state index is -0.396. The Morgan fingerprint density at radius 1 is 1.25 bits per heavy atom. The number of amides is 1. The zero-order valence-corrected chi connectivity index (χ0v) is 14.5. The van der Waals surface area contributed by atoms with Crippen molar-refractivity contribution in [2.45, 2.75) is 40.2 Å². The smallest absolute Gasteiger partial charge is 0.233 e. The molecule has 0 radical (unpaired) electrons. The van der Waals surface area contributed by atoms with Gasteiger partial charge in [-0.15, -0.1) is 0 Å². The molecule has 3 nitrogen and oxygen atoms in total. The summed E-state index contributed by atoms with van der Waals surface area (Å²) in [5.41, 5.74) is 1.63. The first-order chi connectivity index (χ1) is 9.12. The fraction of sp³-hybridized carbons (Fsp3) is 0.562. The third-order valence-corrected chi connectivity index (χ3v) is 4.33. The molecule has 20 heavy (non-hydrogen) atoms. The van der Waals surface area contributed by atoms with Crippen LogP contribution < -0.4 is 10.2 Å². The Bertz CT molecular complexity index is 537. The van der Waals surface area contributed by atoms with Gasteiger partial charge in [0.25, 0.3) is 0 Å². The van der Waals surface area contributed by atoms with Crippen molar-refractivity contribution in [2.24, 2.45) is 5.41 Å². The number of aryl methyl sites for hydroxylation is 1. The van der Waals surface area contributed by atoms with Crippen LogP contribution in [0.2, 0.25) is 0 Å². The molecular formula is C16H23BrN2O. The van der Waals surface area contributed by atoms with Gasteiger partial charge >= 0.3 is 0 Å². The van der Waals surface area contributed by atoms with Crippen LogP contribution in [0.15, 0.2) is 22.7 Å². The molecule has 1 aliphatic rings. The van der Waals surface area contributed by atoms with Crippen molar-refractivity contribution in [1.82, 2.24) is 5.32 Å². The van der Waals surface area contributed by atoms with Gasteiger partial charge in [0, 0.05) is 28.8 Å². The Hall–Kier alpha value is -0.870. The van der Waals surface area contributed by atoms with Gasteiger partial charge in [-0.3, -0.25) is 4.79 Å². The van der Waals surface area contributed by atoms with E-state index in [1.165, 1.54) is 0 Å². The van der Waals surface area contributed by atoms with Gasteiger partial charge in [-0.25, -0.2) is 0 Å². The Labute approximate surface area is 129 Å². The summed E-state index contributed by atoms with van der Waals surface area (Å²) in [4.78, 5) is 14.8. The number of rotatable bonds is 1. The molecule has 0 unspecified atom stereocenters. The molecule has 0 bridgehead atoms. The van der Waals surface area contributed by atoms with Crippen LogP contribution in [0.1, 0.15) is 33.3 Å². The predicted octanol–water partition coefficient (Wildman–Crippen LogP) is 3.50. The van der Waals surface area contributed by atoms with Crippen molar-refractivity contribution >= 4 is 27.5 Å². The Morgan fingerprint density at radius 2 is 1.90 bits per heavy atom. The summed E-state index contributed by atoms with van der Waals surface area (Å²) in [7, 11) is 0. The van der Waals surface area contributed by atoms with E-state index >= 15 is 0 Å².